The number of urea groups is 1. The highest BCUT2D eigenvalue weighted by atomic mass is 16.5. The molecule has 3 aliphatic rings. The summed E-state index contributed by atoms with van der Waals surface area (Å²) in [5, 5.41) is 5.71. The van der Waals surface area contributed by atoms with Crippen LogP contribution in [0.1, 0.15) is 44.9 Å². The first-order valence-corrected chi connectivity index (χ1v) is 12.1. The Morgan fingerprint density at radius 2 is 1.97 bits per heavy atom. The maximum atomic E-state index is 12.0. The zero-order valence-corrected chi connectivity index (χ0v) is 19.8. The Kier molecular flexibility index (Phi) is 6.21. The first-order chi connectivity index (χ1) is 16.0. The van der Waals surface area contributed by atoms with Crippen LogP contribution in [0.2, 0.25) is 0 Å². The number of benzene rings is 1. The Morgan fingerprint density at radius 3 is 2.67 bits per heavy atom. The molecule has 8 nitrogen and oxygen atoms in total. The van der Waals surface area contributed by atoms with Gasteiger partial charge in [-0.05, 0) is 63.8 Å². The number of amides is 2. The van der Waals surface area contributed by atoms with Gasteiger partial charge in [0.2, 0.25) is 0 Å². The topological polar surface area (TPSA) is 82.6 Å². The van der Waals surface area contributed by atoms with Gasteiger partial charge in [-0.2, -0.15) is 0 Å². The molecule has 176 valence electrons. The fourth-order valence-corrected chi connectivity index (χ4v) is 4.64. The maximum Gasteiger partial charge on any atom is 0.319 e. The van der Waals surface area contributed by atoms with Gasteiger partial charge in [-0.1, -0.05) is 0 Å². The summed E-state index contributed by atoms with van der Waals surface area (Å²) in [4.78, 5) is 27.0. The summed E-state index contributed by atoms with van der Waals surface area (Å²) < 4.78 is 5.68. The second-order valence-corrected chi connectivity index (χ2v) is 9.86. The SMILES string of the molecule is CC(C)NC(=O)Nc1ccc(-c2nc3c(c(N4CCOCC4C)n2)CN(CC2CC2)C3)cc1. The molecule has 1 aromatic carbocycles. The fourth-order valence-electron chi connectivity index (χ4n) is 4.64. The lowest BCUT2D eigenvalue weighted by Crippen LogP contribution is -2.44. The van der Waals surface area contributed by atoms with E-state index in [1.165, 1.54) is 18.4 Å². The van der Waals surface area contributed by atoms with Gasteiger partial charge in [0, 0.05) is 49.0 Å². The average Bonchev–Trinajstić information content (AvgIpc) is 3.49. The molecule has 0 radical (unpaired) electrons. The molecule has 2 fully saturated rings. The summed E-state index contributed by atoms with van der Waals surface area (Å²) >= 11 is 0. The summed E-state index contributed by atoms with van der Waals surface area (Å²) in [5.41, 5.74) is 4.12. The normalized spacial score (nSPS) is 20.7. The minimum absolute atomic E-state index is 0.0876. The predicted molar refractivity (Wildman–Crippen MR) is 129 cm³/mol. The smallest absolute Gasteiger partial charge is 0.319 e. The minimum atomic E-state index is -0.203. The number of nitrogens with zero attached hydrogens (tertiary/aromatic N) is 4. The van der Waals surface area contributed by atoms with Gasteiger partial charge >= 0.3 is 6.03 Å². The van der Waals surface area contributed by atoms with Crippen molar-refractivity contribution in [2.45, 2.75) is 58.8 Å². The number of fused-ring (bicyclic) bond motifs is 1. The summed E-state index contributed by atoms with van der Waals surface area (Å²) in [5.74, 6) is 2.65. The highest BCUT2D eigenvalue weighted by Crippen LogP contribution is 2.37. The van der Waals surface area contributed by atoms with Crippen LogP contribution in [0.15, 0.2) is 24.3 Å². The Bertz CT molecular complexity index is 1000. The van der Waals surface area contributed by atoms with Gasteiger partial charge in [0.25, 0.3) is 0 Å². The van der Waals surface area contributed by atoms with E-state index < -0.39 is 0 Å². The zero-order chi connectivity index (χ0) is 22.9. The molecule has 1 aromatic heterocycles. The first-order valence-electron chi connectivity index (χ1n) is 12.1. The molecule has 5 rings (SSSR count). The molecule has 8 heteroatoms. The van der Waals surface area contributed by atoms with Crippen LogP contribution >= 0.6 is 0 Å². The fraction of sp³-hybridized carbons (Fsp3) is 0.560. The van der Waals surface area contributed by atoms with E-state index in [0.717, 1.165) is 73.9 Å². The van der Waals surface area contributed by atoms with Crippen LogP contribution < -0.4 is 15.5 Å². The van der Waals surface area contributed by atoms with Crippen molar-refractivity contribution in [3.63, 3.8) is 0 Å². The third kappa shape index (κ3) is 5.12. The van der Waals surface area contributed by atoms with Crippen LogP contribution in [0.4, 0.5) is 16.3 Å². The van der Waals surface area contributed by atoms with Crippen LogP contribution in [-0.2, 0) is 17.8 Å². The number of nitrogens with one attached hydrogen (secondary N) is 2. The second kappa shape index (κ2) is 9.27. The van der Waals surface area contributed by atoms with Gasteiger partial charge < -0.3 is 20.3 Å². The van der Waals surface area contributed by atoms with E-state index in [0.29, 0.717) is 0 Å². The van der Waals surface area contributed by atoms with Crippen molar-refractivity contribution >= 4 is 17.5 Å². The number of hydrogen-bond donors (Lipinski definition) is 2. The van der Waals surface area contributed by atoms with E-state index in [4.69, 9.17) is 14.7 Å². The summed E-state index contributed by atoms with van der Waals surface area (Å²) in [6, 6.07) is 7.95. The van der Waals surface area contributed by atoms with Crippen LogP contribution in [0.25, 0.3) is 11.4 Å². The van der Waals surface area contributed by atoms with Crippen molar-refractivity contribution in [2.75, 3.05) is 36.5 Å². The van der Waals surface area contributed by atoms with Crippen LogP contribution in [-0.4, -0.2) is 59.3 Å². The monoisotopic (exact) mass is 450 g/mol. The number of carbonyl (C=O) groups is 1. The number of ether oxygens (including phenoxy) is 1. The molecule has 1 aliphatic carbocycles. The number of hydrogen-bond acceptors (Lipinski definition) is 6. The molecule has 33 heavy (non-hydrogen) atoms. The molecule has 1 saturated heterocycles. The Labute approximate surface area is 195 Å². The van der Waals surface area contributed by atoms with E-state index in [-0.39, 0.29) is 18.1 Å². The molecular formula is C25H34N6O2. The van der Waals surface area contributed by atoms with Gasteiger partial charge in [0.05, 0.1) is 24.9 Å². The van der Waals surface area contributed by atoms with Gasteiger partial charge in [0.15, 0.2) is 5.82 Å². The van der Waals surface area contributed by atoms with Gasteiger partial charge in [-0.25, -0.2) is 14.8 Å². The highest BCUT2D eigenvalue weighted by molar-refractivity contribution is 5.89. The Hall–Kier alpha value is -2.71. The lowest BCUT2D eigenvalue weighted by molar-refractivity contribution is 0.0984. The molecular weight excluding hydrogens is 416 g/mol. The molecule has 2 aliphatic heterocycles. The number of rotatable bonds is 6. The molecule has 0 bridgehead atoms. The molecule has 3 heterocycles. The molecule has 0 spiro atoms. The minimum Gasteiger partial charge on any atom is -0.377 e. The molecule has 1 atom stereocenters. The molecule has 2 aromatic rings. The lowest BCUT2D eigenvalue weighted by Gasteiger charge is -2.35. The standard InChI is InChI=1S/C25H34N6O2/c1-16(2)26-25(32)27-20-8-6-19(7-9-20)23-28-22-14-30(12-18-4-5-18)13-21(22)24(29-23)31-10-11-33-15-17(31)3/h6-9,16-18H,4-5,10-15H2,1-3H3,(H2,26,27,32). The van der Waals surface area contributed by atoms with E-state index in [1.54, 1.807) is 0 Å². The number of anilines is 2. The molecule has 1 saturated carbocycles. The van der Waals surface area contributed by atoms with Crippen LogP contribution in [0.3, 0.4) is 0 Å². The molecule has 1 unspecified atom stereocenters. The number of aromatic nitrogens is 2. The van der Waals surface area contributed by atoms with E-state index in [1.807, 2.05) is 38.1 Å². The second-order valence-electron chi connectivity index (χ2n) is 9.86. The number of morpholine rings is 1. The van der Waals surface area contributed by atoms with Crippen LogP contribution in [0, 0.1) is 5.92 Å². The first kappa shape index (κ1) is 22.1. The van der Waals surface area contributed by atoms with Crippen molar-refractivity contribution in [3.8, 4) is 11.4 Å². The Morgan fingerprint density at radius 1 is 1.18 bits per heavy atom. The van der Waals surface area contributed by atoms with E-state index in [2.05, 4.69) is 27.4 Å². The van der Waals surface area contributed by atoms with Crippen molar-refractivity contribution in [1.29, 1.82) is 0 Å². The third-order valence-corrected chi connectivity index (χ3v) is 6.50. The Balaban J connectivity index is 1.42. The number of carbonyl (C=O) groups excluding carboxylic acids is 1. The van der Waals surface area contributed by atoms with Crippen LogP contribution in [0.5, 0.6) is 0 Å². The quantitative estimate of drug-likeness (QED) is 0.700. The zero-order valence-electron chi connectivity index (χ0n) is 19.8. The molecule has 2 N–H and O–H groups in total. The average molecular weight is 451 g/mol. The largest absolute Gasteiger partial charge is 0.377 e. The highest BCUT2D eigenvalue weighted by Gasteiger charge is 2.33. The van der Waals surface area contributed by atoms with Gasteiger partial charge in [-0.3, -0.25) is 4.90 Å². The summed E-state index contributed by atoms with van der Waals surface area (Å²) in [6.45, 7) is 11.3. The lowest BCUT2D eigenvalue weighted by atomic mass is 10.1. The van der Waals surface area contributed by atoms with Crippen molar-refractivity contribution < 1.29 is 9.53 Å². The summed E-state index contributed by atoms with van der Waals surface area (Å²) in [6.07, 6.45) is 2.71. The maximum absolute atomic E-state index is 12.0. The van der Waals surface area contributed by atoms with Gasteiger partial charge in [0.1, 0.15) is 5.82 Å². The molecule has 2 amide bonds. The predicted octanol–water partition coefficient (Wildman–Crippen LogP) is 3.62. The summed E-state index contributed by atoms with van der Waals surface area (Å²) in [7, 11) is 0. The van der Waals surface area contributed by atoms with Gasteiger partial charge in [-0.15, -0.1) is 0 Å². The van der Waals surface area contributed by atoms with Crippen molar-refractivity contribution in [1.82, 2.24) is 20.2 Å². The van der Waals surface area contributed by atoms with Crippen molar-refractivity contribution in [3.05, 3.63) is 35.5 Å². The van der Waals surface area contributed by atoms with E-state index in [9.17, 15) is 4.79 Å². The van der Waals surface area contributed by atoms with E-state index >= 15 is 0 Å². The van der Waals surface area contributed by atoms with Crippen molar-refractivity contribution in [2.24, 2.45) is 5.92 Å². The third-order valence-electron chi connectivity index (χ3n) is 6.50.